The summed E-state index contributed by atoms with van der Waals surface area (Å²) in [5, 5.41) is 2.86. The van der Waals surface area contributed by atoms with E-state index in [-0.39, 0.29) is 24.2 Å². The van der Waals surface area contributed by atoms with Crippen molar-refractivity contribution in [2.75, 3.05) is 19.6 Å². The molecule has 1 aromatic carbocycles. The first-order valence-corrected chi connectivity index (χ1v) is 9.04. The molecule has 0 atom stereocenters. The van der Waals surface area contributed by atoms with Gasteiger partial charge in [-0.3, -0.25) is 9.59 Å². The Hall–Kier alpha value is -3.09. The maximum atomic E-state index is 12.2. The molecule has 7 nitrogen and oxygen atoms in total. The molecule has 0 spiro atoms. The molecular weight excluding hydrogens is 346 g/mol. The van der Waals surface area contributed by atoms with E-state index in [1.54, 1.807) is 11.0 Å². The van der Waals surface area contributed by atoms with Crippen LogP contribution in [0.15, 0.2) is 53.5 Å². The number of H-pyrrole nitrogens is 1. The molecule has 1 aliphatic rings. The van der Waals surface area contributed by atoms with Crippen LogP contribution in [0.3, 0.4) is 0 Å². The van der Waals surface area contributed by atoms with E-state index in [4.69, 9.17) is 4.74 Å². The quantitative estimate of drug-likeness (QED) is 0.845. The highest BCUT2D eigenvalue weighted by molar-refractivity contribution is 5.93. The highest BCUT2D eigenvalue weighted by Gasteiger charge is 2.24. The number of nitrogens with zero attached hydrogens (tertiary/aromatic N) is 1. The first-order chi connectivity index (χ1) is 13.1. The average molecular weight is 369 g/mol. The molecular formula is C20H23N3O4. The molecule has 7 heteroatoms. The Balaban J connectivity index is 1.39. The zero-order valence-electron chi connectivity index (χ0n) is 15.0. The molecule has 0 bridgehead atoms. The van der Waals surface area contributed by atoms with E-state index in [0.717, 1.165) is 18.4 Å². The molecule has 3 rings (SSSR count). The van der Waals surface area contributed by atoms with Gasteiger partial charge in [0.2, 0.25) is 5.56 Å². The Morgan fingerprint density at radius 2 is 1.89 bits per heavy atom. The molecule has 0 aliphatic carbocycles. The van der Waals surface area contributed by atoms with Crippen molar-refractivity contribution < 1.29 is 14.3 Å². The fourth-order valence-corrected chi connectivity index (χ4v) is 3.06. The van der Waals surface area contributed by atoms with Crippen LogP contribution in [0.25, 0.3) is 0 Å². The van der Waals surface area contributed by atoms with Crippen molar-refractivity contribution in [2.45, 2.75) is 19.4 Å². The van der Waals surface area contributed by atoms with Crippen LogP contribution < -0.4 is 10.9 Å². The van der Waals surface area contributed by atoms with Crippen molar-refractivity contribution in [3.63, 3.8) is 0 Å². The Labute approximate surface area is 157 Å². The van der Waals surface area contributed by atoms with Gasteiger partial charge in [-0.25, -0.2) is 4.79 Å². The molecule has 2 amide bonds. The molecule has 1 aliphatic heterocycles. The highest BCUT2D eigenvalue weighted by Crippen LogP contribution is 2.17. The second kappa shape index (κ2) is 9.02. The monoisotopic (exact) mass is 369 g/mol. The number of ether oxygens (including phenoxy) is 1. The van der Waals surface area contributed by atoms with Gasteiger partial charge in [0.25, 0.3) is 5.91 Å². The molecule has 1 aromatic heterocycles. The van der Waals surface area contributed by atoms with Gasteiger partial charge in [-0.15, -0.1) is 0 Å². The third-order valence-corrected chi connectivity index (χ3v) is 4.67. The van der Waals surface area contributed by atoms with Gasteiger partial charge in [0.15, 0.2) is 0 Å². The minimum atomic E-state index is -0.301. The van der Waals surface area contributed by atoms with Gasteiger partial charge in [0, 0.05) is 37.5 Å². The number of rotatable bonds is 5. The minimum Gasteiger partial charge on any atom is -0.445 e. The Kier molecular flexibility index (Phi) is 6.25. The summed E-state index contributed by atoms with van der Waals surface area (Å²) in [7, 11) is 0. The van der Waals surface area contributed by atoms with Crippen molar-refractivity contribution in [1.82, 2.24) is 15.2 Å². The van der Waals surface area contributed by atoms with Gasteiger partial charge in [0.05, 0.1) is 0 Å². The van der Waals surface area contributed by atoms with Crippen LogP contribution in [0.4, 0.5) is 4.79 Å². The minimum absolute atomic E-state index is 0.259. The van der Waals surface area contributed by atoms with Crippen LogP contribution >= 0.6 is 0 Å². The number of hydrogen-bond acceptors (Lipinski definition) is 4. The highest BCUT2D eigenvalue weighted by atomic mass is 16.6. The molecule has 0 radical (unpaired) electrons. The van der Waals surface area contributed by atoms with E-state index >= 15 is 0 Å². The van der Waals surface area contributed by atoms with Crippen molar-refractivity contribution in [3.8, 4) is 0 Å². The topological polar surface area (TPSA) is 91.5 Å². The molecule has 1 fully saturated rings. The Bertz CT molecular complexity index is 826. The van der Waals surface area contributed by atoms with Gasteiger partial charge >= 0.3 is 6.09 Å². The van der Waals surface area contributed by atoms with E-state index in [9.17, 15) is 14.4 Å². The van der Waals surface area contributed by atoms with Crippen molar-refractivity contribution in [3.05, 3.63) is 70.1 Å². The first kappa shape index (κ1) is 18.7. The van der Waals surface area contributed by atoms with Crippen LogP contribution in [0, 0.1) is 5.92 Å². The second-order valence-electron chi connectivity index (χ2n) is 6.62. The lowest BCUT2D eigenvalue weighted by atomic mass is 9.97. The number of pyridine rings is 1. The normalized spacial score (nSPS) is 14.6. The number of aromatic amines is 1. The van der Waals surface area contributed by atoms with Crippen molar-refractivity contribution in [2.24, 2.45) is 5.92 Å². The number of amides is 2. The van der Waals surface area contributed by atoms with Crippen molar-refractivity contribution in [1.29, 1.82) is 0 Å². The van der Waals surface area contributed by atoms with E-state index < -0.39 is 0 Å². The molecule has 1 saturated heterocycles. The third-order valence-electron chi connectivity index (χ3n) is 4.67. The first-order valence-electron chi connectivity index (χ1n) is 9.04. The summed E-state index contributed by atoms with van der Waals surface area (Å²) in [6, 6.07) is 12.4. The number of carbonyl (C=O) groups excluding carboxylic acids is 2. The van der Waals surface area contributed by atoms with Crippen LogP contribution in [-0.2, 0) is 11.3 Å². The van der Waals surface area contributed by atoms with Crippen molar-refractivity contribution >= 4 is 12.0 Å². The summed E-state index contributed by atoms with van der Waals surface area (Å²) >= 11 is 0. The average Bonchev–Trinajstić information content (AvgIpc) is 2.71. The predicted molar refractivity (Wildman–Crippen MR) is 100 cm³/mol. The largest absolute Gasteiger partial charge is 0.445 e. The lowest BCUT2D eigenvalue weighted by Gasteiger charge is -2.31. The van der Waals surface area contributed by atoms with Crippen LogP contribution in [0.2, 0.25) is 0 Å². The van der Waals surface area contributed by atoms with Crippen LogP contribution in [0.1, 0.15) is 28.8 Å². The van der Waals surface area contributed by atoms with E-state index in [2.05, 4.69) is 10.3 Å². The second-order valence-corrected chi connectivity index (χ2v) is 6.62. The maximum Gasteiger partial charge on any atom is 0.410 e. The molecule has 142 valence electrons. The maximum absolute atomic E-state index is 12.2. The van der Waals surface area contributed by atoms with Gasteiger partial charge < -0.3 is 19.9 Å². The number of nitrogens with one attached hydrogen (secondary N) is 2. The smallest absolute Gasteiger partial charge is 0.410 e. The zero-order chi connectivity index (χ0) is 19.1. The summed E-state index contributed by atoms with van der Waals surface area (Å²) in [6.07, 6.45) is 2.76. The summed E-state index contributed by atoms with van der Waals surface area (Å²) in [5.74, 6) is 0.0416. The molecule has 27 heavy (non-hydrogen) atoms. The standard InChI is InChI=1S/C20H23N3O4/c24-18-12-17(6-9-21-18)19(25)22-13-15-7-10-23(11-8-15)20(26)27-14-16-4-2-1-3-5-16/h1-6,9,12,15H,7-8,10-11,13-14H2,(H,21,24)(H,22,25). The van der Waals surface area contributed by atoms with Gasteiger partial charge in [-0.2, -0.15) is 0 Å². The van der Waals surface area contributed by atoms with Gasteiger partial charge in [-0.1, -0.05) is 30.3 Å². The fourth-order valence-electron chi connectivity index (χ4n) is 3.06. The molecule has 2 N–H and O–H groups in total. The van der Waals surface area contributed by atoms with Gasteiger partial charge in [-0.05, 0) is 30.4 Å². The third kappa shape index (κ3) is 5.44. The molecule has 2 aromatic rings. The number of piperidine rings is 1. The summed E-state index contributed by atoms with van der Waals surface area (Å²) in [5.41, 5.74) is 1.01. The number of aromatic nitrogens is 1. The predicted octanol–water partition coefficient (Wildman–Crippen LogP) is 2.15. The SMILES string of the molecule is O=C(NCC1CCN(C(=O)OCc2ccccc2)CC1)c1cc[nH]c(=O)c1. The number of benzene rings is 1. The number of likely N-dealkylation sites (tertiary alicyclic amines) is 1. The Morgan fingerprint density at radius 1 is 1.15 bits per heavy atom. The number of hydrogen-bond donors (Lipinski definition) is 2. The summed E-state index contributed by atoms with van der Waals surface area (Å²) in [6.45, 7) is 2.02. The summed E-state index contributed by atoms with van der Waals surface area (Å²) < 4.78 is 5.35. The Morgan fingerprint density at radius 3 is 2.59 bits per heavy atom. The van der Waals surface area contributed by atoms with E-state index in [0.29, 0.717) is 31.1 Å². The van der Waals surface area contributed by atoms with Gasteiger partial charge in [0.1, 0.15) is 6.61 Å². The lowest BCUT2D eigenvalue weighted by Crippen LogP contribution is -2.41. The van der Waals surface area contributed by atoms with Crippen LogP contribution in [-0.4, -0.2) is 41.5 Å². The zero-order valence-corrected chi connectivity index (χ0v) is 15.0. The van der Waals surface area contributed by atoms with Crippen LogP contribution in [0.5, 0.6) is 0 Å². The summed E-state index contributed by atoms with van der Waals surface area (Å²) in [4.78, 5) is 39.7. The molecule has 0 saturated carbocycles. The lowest BCUT2D eigenvalue weighted by molar-refractivity contribution is 0.0800. The fraction of sp³-hybridized carbons (Fsp3) is 0.350. The van der Waals surface area contributed by atoms with E-state index in [1.807, 2.05) is 30.3 Å². The number of carbonyl (C=O) groups is 2. The molecule has 2 heterocycles. The van der Waals surface area contributed by atoms with E-state index in [1.165, 1.54) is 12.3 Å². The molecule has 0 unspecified atom stereocenters.